The first-order chi connectivity index (χ1) is 9.58. The predicted octanol–water partition coefficient (Wildman–Crippen LogP) is 1.54. The first kappa shape index (κ1) is 16.1. The molecule has 0 aliphatic rings. The van der Waals surface area contributed by atoms with Crippen molar-refractivity contribution in [1.29, 1.82) is 0 Å². The molecule has 1 aromatic rings. The van der Waals surface area contributed by atoms with Crippen LogP contribution in [0.5, 0.6) is 5.75 Å². The summed E-state index contributed by atoms with van der Waals surface area (Å²) in [5.74, 6) is 2.91. The molecule has 0 bridgehead atoms. The van der Waals surface area contributed by atoms with Crippen molar-refractivity contribution >= 4 is 5.91 Å². The quantitative estimate of drug-likeness (QED) is 0.742. The number of benzene rings is 1. The van der Waals surface area contributed by atoms with Gasteiger partial charge in [-0.05, 0) is 37.1 Å². The van der Waals surface area contributed by atoms with Crippen LogP contribution in [0.3, 0.4) is 0 Å². The largest absolute Gasteiger partial charge is 0.483 e. The molecule has 0 heterocycles. The van der Waals surface area contributed by atoms with E-state index in [4.69, 9.17) is 11.2 Å². The summed E-state index contributed by atoms with van der Waals surface area (Å²) < 4.78 is 5.58. The van der Waals surface area contributed by atoms with Crippen LogP contribution in [0, 0.1) is 26.2 Å². The summed E-state index contributed by atoms with van der Waals surface area (Å²) in [7, 11) is 0. The van der Waals surface area contributed by atoms with Crippen LogP contribution in [-0.4, -0.2) is 25.6 Å². The maximum absolute atomic E-state index is 11.5. The van der Waals surface area contributed by atoms with Gasteiger partial charge in [0, 0.05) is 6.54 Å². The Morgan fingerprint density at radius 2 is 2.00 bits per heavy atom. The van der Waals surface area contributed by atoms with Gasteiger partial charge >= 0.3 is 0 Å². The number of terminal acetylenes is 1. The van der Waals surface area contributed by atoms with E-state index >= 15 is 0 Å². The molecule has 1 amide bonds. The maximum Gasteiger partial charge on any atom is 0.258 e. The maximum atomic E-state index is 11.5. The van der Waals surface area contributed by atoms with Crippen molar-refractivity contribution in [2.75, 3.05) is 19.7 Å². The average molecular weight is 274 g/mol. The molecular formula is C16H22N2O2. The zero-order valence-corrected chi connectivity index (χ0v) is 12.4. The van der Waals surface area contributed by atoms with Gasteiger partial charge in [-0.1, -0.05) is 25.0 Å². The normalized spacial score (nSPS) is 9.90. The average Bonchev–Trinajstić information content (AvgIpc) is 2.41. The Hall–Kier alpha value is -1.99. The van der Waals surface area contributed by atoms with Gasteiger partial charge in [-0.3, -0.25) is 4.79 Å². The Balaban J connectivity index is 2.67. The molecule has 0 atom stereocenters. The van der Waals surface area contributed by atoms with Gasteiger partial charge in [-0.2, -0.15) is 0 Å². The molecule has 108 valence electrons. The number of ether oxygens (including phenoxy) is 1. The molecule has 0 radical (unpaired) electrons. The minimum Gasteiger partial charge on any atom is -0.483 e. The fourth-order valence-corrected chi connectivity index (χ4v) is 1.98. The fraction of sp³-hybridized carbons (Fsp3) is 0.438. The Kier molecular flexibility index (Phi) is 6.61. The van der Waals surface area contributed by atoms with Gasteiger partial charge in [0.15, 0.2) is 6.61 Å². The Bertz CT molecular complexity index is 481. The first-order valence-electron chi connectivity index (χ1n) is 6.72. The lowest BCUT2D eigenvalue weighted by Gasteiger charge is -2.14. The second-order valence-electron chi connectivity index (χ2n) is 4.61. The minimum absolute atomic E-state index is 0.0179. The predicted molar refractivity (Wildman–Crippen MR) is 80.6 cm³/mol. The zero-order valence-electron chi connectivity index (χ0n) is 12.4. The number of hydrogen-bond acceptors (Lipinski definition) is 3. The van der Waals surface area contributed by atoms with E-state index in [2.05, 4.69) is 35.6 Å². The van der Waals surface area contributed by atoms with Crippen LogP contribution in [-0.2, 0) is 11.3 Å². The summed E-state index contributed by atoms with van der Waals surface area (Å²) in [6.07, 6.45) is 5.08. The zero-order chi connectivity index (χ0) is 15.0. The molecule has 0 saturated carbocycles. The topological polar surface area (TPSA) is 50.4 Å². The van der Waals surface area contributed by atoms with Crippen molar-refractivity contribution in [3.63, 3.8) is 0 Å². The van der Waals surface area contributed by atoms with Gasteiger partial charge in [0.1, 0.15) is 5.75 Å². The van der Waals surface area contributed by atoms with Crippen LogP contribution in [0.25, 0.3) is 0 Å². The number of amides is 1. The van der Waals surface area contributed by atoms with Crippen molar-refractivity contribution in [3.8, 4) is 18.1 Å². The van der Waals surface area contributed by atoms with Crippen LogP contribution >= 0.6 is 0 Å². The molecule has 0 spiro atoms. The lowest BCUT2D eigenvalue weighted by Crippen LogP contribution is -2.29. The molecule has 2 N–H and O–H groups in total. The number of nitrogens with one attached hydrogen (secondary N) is 2. The highest BCUT2D eigenvalue weighted by Crippen LogP contribution is 2.24. The SMILES string of the molecule is C#CCNC(=O)COc1c(C)cc(CNCC)cc1C. The highest BCUT2D eigenvalue weighted by Gasteiger charge is 2.08. The second kappa shape index (κ2) is 8.23. The molecule has 1 aromatic carbocycles. The van der Waals surface area contributed by atoms with Crippen LogP contribution in [0.1, 0.15) is 23.6 Å². The van der Waals surface area contributed by atoms with E-state index in [1.807, 2.05) is 13.8 Å². The Morgan fingerprint density at radius 3 is 2.55 bits per heavy atom. The third-order valence-electron chi connectivity index (χ3n) is 2.83. The monoisotopic (exact) mass is 274 g/mol. The molecule has 0 unspecified atom stereocenters. The number of carbonyl (C=O) groups is 1. The van der Waals surface area contributed by atoms with Crippen LogP contribution in [0.2, 0.25) is 0 Å². The summed E-state index contributed by atoms with van der Waals surface area (Å²) in [6.45, 7) is 8.02. The third kappa shape index (κ3) is 4.94. The van der Waals surface area contributed by atoms with E-state index in [-0.39, 0.29) is 19.1 Å². The Labute approximate surface area is 120 Å². The van der Waals surface area contributed by atoms with Gasteiger partial charge in [0.2, 0.25) is 0 Å². The summed E-state index contributed by atoms with van der Waals surface area (Å²) >= 11 is 0. The van der Waals surface area contributed by atoms with Gasteiger partial charge < -0.3 is 15.4 Å². The molecule has 0 aliphatic heterocycles. The summed E-state index contributed by atoms with van der Waals surface area (Å²) in [6, 6.07) is 4.15. The van der Waals surface area contributed by atoms with Gasteiger partial charge in [0.05, 0.1) is 6.54 Å². The number of hydrogen-bond donors (Lipinski definition) is 2. The lowest BCUT2D eigenvalue weighted by atomic mass is 10.1. The van der Waals surface area contributed by atoms with E-state index in [9.17, 15) is 4.79 Å². The smallest absolute Gasteiger partial charge is 0.258 e. The molecule has 4 nitrogen and oxygen atoms in total. The highest BCUT2D eigenvalue weighted by molar-refractivity contribution is 5.77. The third-order valence-corrected chi connectivity index (χ3v) is 2.83. The van der Waals surface area contributed by atoms with Crippen LogP contribution in [0.15, 0.2) is 12.1 Å². The van der Waals surface area contributed by atoms with Crippen molar-refractivity contribution in [2.45, 2.75) is 27.3 Å². The van der Waals surface area contributed by atoms with Gasteiger partial charge in [-0.25, -0.2) is 0 Å². The molecular weight excluding hydrogens is 252 g/mol. The van der Waals surface area contributed by atoms with Crippen LogP contribution < -0.4 is 15.4 Å². The van der Waals surface area contributed by atoms with Crippen molar-refractivity contribution in [3.05, 3.63) is 28.8 Å². The molecule has 4 heteroatoms. The van der Waals surface area contributed by atoms with Gasteiger partial charge in [-0.15, -0.1) is 6.42 Å². The Morgan fingerprint density at radius 1 is 1.35 bits per heavy atom. The highest BCUT2D eigenvalue weighted by atomic mass is 16.5. The van der Waals surface area contributed by atoms with E-state index in [0.717, 1.165) is 30.0 Å². The van der Waals surface area contributed by atoms with E-state index < -0.39 is 0 Å². The number of aryl methyl sites for hydroxylation is 2. The first-order valence-corrected chi connectivity index (χ1v) is 6.72. The van der Waals surface area contributed by atoms with E-state index in [1.165, 1.54) is 5.56 Å². The summed E-state index contributed by atoms with van der Waals surface area (Å²) in [5, 5.41) is 5.86. The summed E-state index contributed by atoms with van der Waals surface area (Å²) in [4.78, 5) is 11.5. The van der Waals surface area contributed by atoms with E-state index in [1.54, 1.807) is 0 Å². The minimum atomic E-state index is -0.210. The fourth-order valence-electron chi connectivity index (χ4n) is 1.98. The molecule has 1 rings (SSSR count). The molecule has 0 aliphatic carbocycles. The van der Waals surface area contributed by atoms with Crippen molar-refractivity contribution in [2.24, 2.45) is 0 Å². The summed E-state index contributed by atoms with van der Waals surface area (Å²) in [5.41, 5.74) is 3.27. The molecule has 0 saturated heterocycles. The lowest BCUT2D eigenvalue weighted by molar-refractivity contribution is -0.122. The van der Waals surface area contributed by atoms with E-state index in [0.29, 0.717) is 0 Å². The second-order valence-corrected chi connectivity index (χ2v) is 4.61. The number of rotatable bonds is 7. The molecule has 20 heavy (non-hydrogen) atoms. The standard InChI is InChI=1S/C16H22N2O2/c1-5-7-18-15(19)11-20-16-12(3)8-14(9-13(16)4)10-17-6-2/h1,8-9,17H,6-7,10-11H2,2-4H3,(H,18,19). The number of carbonyl (C=O) groups excluding carboxylic acids is 1. The van der Waals surface area contributed by atoms with Crippen LogP contribution in [0.4, 0.5) is 0 Å². The van der Waals surface area contributed by atoms with Crippen molar-refractivity contribution in [1.82, 2.24) is 10.6 Å². The molecule has 0 aromatic heterocycles. The van der Waals surface area contributed by atoms with Crippen molar-refractivity contribution < 1.29 is 9.53 Å². The molecule has 0 fully saturated rings. The van der Waals surface area contributed by atoms with Gasteiger partial charge in [0.25, 0.3) is 5.91 Å².